The number of nitrogens with two attached hydrogens (primary N) is 1. The average Bonchev–Trinajstić information content (AvgIpc) is 2.64. The number of aryl methyl sites for hydroxylation is 2. The molecular weight excluding hydrogens is 313 g/mol. The van der Waals surface area contributed by atoms with Crippen molar-refractivity contribution in [3.05, 3.63) is 23.5 Å². The number of aromatic nitrogens is 3. The molecule has 0 fully saturated rings. The van der Waals surface area contributed by atoms with Gasteiger partial charge in [-0.1, -0.05) is 0 Å². The summed E-state index contributed by atoms with van der Waals surface area (Å²) in [6, 6.07) is 1.81. The lowest BCUT2D eigenvalue weighted by Gasteiger charge is -2.24. The lowest BCUT2D eigenvalue weighted by molar-refractivity contribution is 0.0915. The minimum absolute atomic E-state index is 0. The van der Waals surface area contributed by atoms with Gasteiger partial charge in [0.1, 0.15) is 0 Å². The third kappa shape index (κ3) is 4.06. The van der Waals surface area contributed by atoms with E-state index in [1.807, 2.05) is 33.9 Å². The van der Waals surface area contributed by atoms with Gasteiger partial charge < -0.3 is 11.1 Å². The fourth-order valence-electron chi connectivity index (χ4n) is 1.86. The van der Waals surface area contributed by atoms with Crippen molar-refractivity contribution >= 4 is 41.8 Å². The molecule has 3 N–H and O–H groups in total. The van der Waals surface area contributed by atoms with E-state index in [1.165, 1.54) is 0 Å². The first-order valence-corrected chi connectivity index (χ1v) is 6.16. The van der Waals surface area contributed by atoms with Gasteiger partial charge in [0.25, 0.3) is 5.91 Å². The molecular formula is C13H21Cl2N5O. The Bertz CT molecular complexity index is 639. The van der Waals surface area contributed by atoms with E-state index in [0.29, 0.717) is 12.1 Å². The number of nitrogens with one attached hydrogen (secondary N) is 1. The molecule has 0 radical (unpaired) electrons. The summed E-state index contributed by atoms with van der Waals surface area (Å²) < 4.78 is 1.70. The second-order valence-electron chi connectivity index (χ2n) is 5.35. The van der Waals surface area contributed by atoms with E-state index >= 15 is 0 Å². The Balaban J connectivity index is 0.00000200. The molecule has 6 nitrogen and oxygen atoms in total. The number of rotatable bonds is 3. The largest absolute Gasteiger partial charge is 0.346 e. The van der Waals surface area contributed by atoms with Crippen LogP contribution in [-0.4, -0.2) is 32.8 Å². The van der Waals surface area contributed by atoms with Crippen LogP contribution < -0.4 is 11.1 Å². The molecule has 0 unspecified atom stereocenters. The Kier molecular flexibility index (Phi) is 6.60. The van der Waals surface area contributed by atoms with Crippen LogP contribution in [0.15, 0.2) is 12.3 Å². The van der Waals surface area contributed by atoms with Crippen molar-refractivity contribution in [3.8, 4) is 0 Å². The molecule has 0 saturated heterocycles. The maximum absolute atomic E-state index is 12.1. The van der Waals surface area contributed by atoms with Gasteiger partial charge in [0.2, 0.25) is 0 Å². The van der Waals surface area contributed by atoms with Gasteiger partial charge in [0.15, 0.2) is 5.65 Å². The highest BCUT2D eigenvalue weighted by atomic mass is 35.5. The maximum atomic E-state index is 12.1. The quantitative estimate of drug-likeness (QED) is 0.892. The summed E-state index contributed by atoms with van der Waals surface area (Å²) in [6.45, 7) is 6.04. The van der Waals surface area contributed by atoms with Gasteiger partial charge in [-0.3, -0.25) is 9.48 Å². The third-order valence-corrected chi connectivity index (χ3v) is 3.09. The number of fused-ring (bicyclic) bond motifs is 1. The fraction of sp³-hybridized carbons (Fsp3) is 0.462. The molecule has 2 aromatic heterocycles. The van der Waals surface area contributed by atoms with Crippen LogP contribution in [0.4, 0.5) is 0 Å². The number of carbonyl (C=O) groups is 1. The molecule has 21 heavy (non-hydrogen) atoms. The Hall–Kier alpha value is -1.37. The first kappa shape index (κ1) is 19.6. The normalized spacial score (nSPS) is 10.7. The van der Waals surface area contributed by atoms with Gasteiger partial charge >= 0.3 is 0 Å². The molecule has 2 rings (SSSR count). The topological polar surface area (TPSA) is 85.8 Å². The van der Waals surface area contributed by atoms with Crippen LogP contribution in [0.5, 0.6) is 0 Å². The lowest BCUT2D eigenvalue weighted by Crippen LogP contribution is -2.48. The van der Waals surface area contributed by atoms with Crippen LogP contribution in [-0.2, 0) is 7.05 Å². The highest BCUT2D eigenvalue weighted by Gasteiger charge is 2.20. The molecule has 0 aliphatic carbocycles. The lowest BCUT2D eigenvalue weighted by atomic mass is 10.1. The van der Waals surface area contributed by atoms with Gasteiger partial charge in [-0.05, 0) is 26.8 Å². The molecule has 0 spiro atoms. The van der Waals surface area contributed by atoms with Gasteiger partial charge in [0, 0.05) is 30.7 Å². The molecule has 0 aliphatic heterocycles. The molecule has 118 valence electrons. The average molecular weight is 334 g/mol. The van der Waals surface area contributed by atoms with Crippen molar-refractivity contribution in [1.82, 2.24) is 20.1 Å². The minimum atomic E-state index is -0.435. The van der Waals surface area contributed by atoms with Gasteiger partial charge in [-0.15, -0.1) is 24.8 Å². The standard InChI is InChI=1S/C13H19N5O.2ClH/c1-8-10-5-9(6-15-11(10)18(4)17-8)12(19)16-13(2,3)7-14;;/h5-6H,7,14H2,1-4H3,(H,16,19);2*1H. The van der Waals surface area contributed by atoms with Crippen molar-refractivity contribution in [2.75, 3.05) is 6.54 Å². The number of pyridine rings is 1. The van der Waals surface area contributed by atoms with Crippen molar-refractivity contribution < 1.29 is 4.79 Å². The number of amides is 1. The van der Waals surface area contributed by atoms with Crippen molar-refractivity contribution in [3.63, 3.8) is 0 Å². The molecule has 0 saturated carbocycles. The van der Waals surface area contributed by atoms with Crippen LogP contribution in [0.3, 0.4) is 0 Å². The number of nitrogens with zero attached hydrogens (tertiary/aromatic N) is 3. The summed E-state index contributed by atoms with van der Waals surface area (Å²) in [5.74, 6) is -0.173. The summed E-state index contributed by atoms with van der Waals surface area (Å²) in [7, 11) is 1.83. The Morgan fingerprint density at radius 2 is 2.05 bits per heavy atom. The Labute approximate surface area is 136 Å². The van der Waals surface area contributed by atoms with E-state index in [2.05, 4.69) is 15.4 Å². The van der Waals surface area contributed by atoms with E-state index in [-0.39, 0.29) is 30.7 Å². The van der Waals surface area contributed by atoms with E-state index in [9.17, 15) is 4.79 Å². The fourth-order valence-corrected chi connectivity index (χ4v) is 1.86. The number of halogens is 2. The molecule has 0 atom stereocenters. The summed E-state index contributed by atoms with van der Waals surface area (Å²) in [6.07, 6.45) is 1.56. The predicted molar refractivity (Wildman–Crippen MR) is 88.3 cm³/mol. The summed E-state index contributed by atoms with van der Waals surface area (Å²) in [5.41, 5.74) is 7.32. The Morgan fingerprint density at radius 1 is 1.43 bits per heavy atom. The molecule has 8 heteroatoms. The number of carbonyl (C=O) groups excluding carboxylic acids is 1. The van der Waals surface area contributed by atoms with Crippen molar-refractivity contribution in [2.24, 2.45) is 12.8 Å². The first-order valence-electron chi connectivity index (χ1n) is 6.16. The zero-order chi connectivity index (χ0) is 14.2. The van der Waals surface area contributed by atoms with Crippen molar-refractivity contribution in [1.29, 1.82) is 0 Å². The molecule has 0 aromatic carbocycles. The van der Waals surface area contributed by atoms with Crippen molar-refractivity contribution in [2.45, 2.75) is 26.3 Å². The zero-order valence-electron chi connectivity index (χ0n) is 12.5. The first-order chi connectivity index (χ1) is 8.84. The van der Waals surface area contributed by atoms with E-state index in [0.717, 1.165) is 16.7 Å². The van der Waals surface area contributed by atoms with E-state index in [4.69, 9.17) is 5.73 Å². The van der Waals surface area contributed by atoms with Crippen LogP contribution in [0, 0.1) is 6.92 Å². The zero-order valence-corrected chi connectivity index (χ0v) is 14.1. The highest BCUT2D eigenvalue weighted by molar-refractivity contribution is 5.97. The van der Waals surface area contributed by atoms with Crippen LogP contribution in [0.1, 0.15) is 29.9 Å². The number of hydrogen-bond acceptors (Lipinski definition) is 4. The van der Waals surface area contributed by atoms with Crippen LogP contribution in [0.2, 0.25) is 0 Å². The second-order valence-corrected chi connectivity index (χ2v) is 5.35. The van der Waals surface area contributed by atoms with Gasteiger partial charge in [-0.25, -0.2) is 4.98 Å². The third-order valence-electron chi connectivity index (χ3n) is 3.09. The number of hydrogen-bond donors (Lipinski definition) is 2. The summed E-state index contributed by atoms with van der Waals surface area (Å²) in [4.78, 5) is 16.4. The second kappa shape index (κ2) is 7.06. The highest BCUT2D eigenvalue weighted by Crippen LogP contribution is 2.16. The summed E-state index contributed by atoms with van der Waals surface area (Å²) >= 11 is 0. The van der Waals surface area contributed by atoms with E-state index < -0.39 is 5.54 Å². The molecule has 0 bridgehead atoms. The summed E-state index contributed by atoms with van der Waals surface area (Å²) in [5, 5.41) is 8.06. The van der Waals surface area contributed by atoms with Gasteiger partial charge in [-0.2, -0.15) is 5.10 Å². The monoisotopic (exact) mass is 333 g/mol. The molecule has 1 amide bonds. The minimum Gasteiger partial charge on any atom is -0.346 e. The molecule has 2 aromatic rings. The predicted octanol–water partition coefficient (Wildman–Crippen LogP) is 1.59. The maximum Gasteiger partial charge on any atom is 0.253 e. The van der Waals surface area contributed by atoms with Crippen LogP contribution >= 0.6 is 24.8 Å². The van der Waals surface area contributed by atoms with E-state index in [1.54, 1.807) is 10.9 Å². The SMILES string of the molecule is Cc1nn(C)c2ncc(C(=O)NC(C)(C)CN)cc12.Cl.Cl. The van der Waals surface area contributed by atoms with Gasteiger partial charge in [0.05, 0.1) is 11.3 Å². The molecule has 2 heterocycles. The smallest absolute Gasteiger partial charge is 0.253 e. The van der Waals surface area contributed by atoms with Crippen LogP contribution in [0.25, 0.3) is 11.0 Å². The Morgan fingerprint density at radius 3 is 2.62 bits per heavy atom. The molecule has 0 aliphatic rings.